The quantitative estimate of drug-likeness (QED) is 0.870. The summed E-state index contributed by atoms with van der Waals surface area (Å²) in [5.74, 6) is 1.99. The number of benzene rings is 1. The van der Waals surface area contributed by atoms with Crippen LogP contribution >= 0.6 is 0 Å². The highest BCUT2D eigenvalue weighted by atomic mass is 16.5. The Hall–Kier alpha value is -1.74. The zero-order chi connectivity index (χ0) is 14.8. The van der Waals surface area contributed by atoms with Crippen LogP contribution in [0.1, 0.15) is 40.9 Å². The van der Waals surface area contributed by atoms with Gasteiger partial charge in [0.1, 0.15) is 18.1 Å². The van der Waals surface area contributed by atoms with E-state index >= 15 is 0 Å². The van der Waals surface area contributed by atoms with Gasteiger partial charge in [-0.1, -0.05) is 12.1 Å². The van der Waals surface area contributed by atoms with Crippen molar-refractivity contribution < 1.29 is 9.15 Å². The first-order valence-electron chi connectivity index (χ1n) is 7.63. The lowest BCUT2D eigenvalue weighted by Gasteiger charge is -2.14. The van der Waals surface area contributed by atoms with Gasteiger partial charge >= 0.3 is 0 Å². The van der Waals surface area contributed by atoms with E-state index in [4.69, 9.17) is 9.15 Å². The molecule has 1 aliphatic rings. The lowest BCUT2D eigenvalue weighted by atomic mass is 10.1. The molecule has 0 bridgehead atoms. The Balaban J connectivity index is 1.67. The Labute approximate surface area is 126 Å². The molecule has 3 heteroatoms. The number of ether oxygens (including phenoxy) is 1. The summed E-state index contributed by atoms with van der Waals surface area (Å²) in [6.07, 6.45) is 4.32. The van der Waals surface area contributed by atoms with Gasteiger partial charge in [-0.3, -0.25) is 0 Å². The van der Waals surface area contributed by atoms with Gasteiger partial charge in [0.2, 0.25) is 0 Å². The third-order valence-corrected chi connectivity index (χ3v) is 4.21. The van der Waals surface area contributed by atoms with E-state index in [1.165, 1.54) is 29.5 Å². The van der Waals surface area contributed by atoms with Gasteiger partial charge in [-0.25, -0.2) is 0 Å². The summed E-state index contributed by atoms with van der Waals surface area (Å²) in [6.45, 7) is 7.67. The van der Waals surface area contributed by atoms with Gasteiger partial charge < -0.3 is 14.5 Å². The molecule has 0 atom stereocenters. The van der Waals surface area contributed by atoms with Crippen molar-refractivity contribution in [2.75, 3.05) is 0 Å². The molecule has 0 amide bonds. The maximum absolute atomic E-state index is 6.07. The third kappa shape index (κ3) is 3.30. The van der Waals surface area contributed by atoms with Crippen molar-refractivity contribution in [3.05, 3.63) is 52.5 Å². The van der Waals surface area contributed by atoms with Gasteiger partial charge in [-0.15, -0.1) is 0 Å². The Bertz CT molecular complexity index is 626. The largest absolute Gasteiger partial charge is 0.488 e. The Kier molecular flexibility index (Phi) is 4.02. The summed E-state index contributed by atoms with van der Waals surface area (Å²) in [4.78, 5) is 0. The van der Waals surface area contributed by atoms with Crippen LogP contribution in [0.4, 0.5) is 0 Å². The first kappa shape index (κ1) is 14.2. The van der Waals surface area contributed by atoms with Crippen LogP contribution in [-0.2, 0) is 13.2 Å². The number of nitrogens with one attached hydrogen (secondary N) is 1. The SMILES string of the molecule is Cc1ccc(C)c(OCc2ccoc2CNC2CC2)c1C. The van der Waals surface area contributed by atoms with E-state index in [1.807, 2.05) is 6.07 Å². The molecule has 0 spiro atoms. The smallest absolute Gasteiger partial charge is 0.125 e. The summed E-state index contributed by atoms with van der Waals surface area (Å²) in [6, 6.07) is 6.94. The van der Waals surface area contributed by atoms with Crippen LogP contribution in [0, 0.1) is 20.8 Å². The number of furan rings is 1. The van der Waals surface area contributed by atoms with Crippen LogP contribution in [0.25, 0.3) is 0 Å². The molecule has 1 heterocycles. The average Bonchev–Trinajstić information content (AvgIpc) is 3.20. The van der Waals surface area contributed by atoms with Crippen molar-refractivity contribution in [2.45, 2.75) is 52.8 Å². The minimum atomic E-state index is 0.559. The van der Waals surface area contributed by atoms with Gasteiger partial charge in [0, 0.05) is 11.6 Å². The molecular weight excluding hydrogens is 262 g/mol. The summed E-state index contributed by atoms with van der Waals surface area (Å²) in [5.41, 5.74) is 4.79. The molecule has 0 radical (unpaired) electrons. The fraction of sp³-hybridized carbons (Fsp3) is 0.444. The Morgan fingerprint density at radius 1 is 1.14 bits per heavy atom. The summed E-state index contributed by atoms with van der Waals surface area (Å²) < 4.78 is 11.6. The minimum Gasteiger partial charge on any atom is -0.488 e. The Morgan fingerprint density at radius 2 is 1.90 bits per heavy atom. The fourth-order valence-electron chi connectivity index (χ4n) is 2.47. The summed E-state index contributed by atoms with van der Waals surface area (Å²) in [5, 5.41) is 3.48. The van der Waals surface area contributed by atoms with Crippen LogP contribution < -0.4 is 10.1 Å². The maximum atomic E-state index is 6.07. The fourth-order valence-corrected chi connectivity index (χ4v) is 2.47. The zero-order valence-corrected chi connectivity index (χ0v) is 13.0. The molecule has 1 N–H and O–H groups in total. The maximum Gasteiger partial charge on any atom is 0.125 e. The van der Waals surface area contributed by atoms with E-state index in [-0.39, 0.29) is 0 Å². The van der Waals surface area contributed by atoms with Crippen molar-refractivity contribution in [1.29, 1.82) is 0 Å². The molecule has 0 aliphatic heterocycles. The lowest BCUT2D eigenvalue weighted by molar-refractivity contribution is 0.297. The van der Waals surface area contributed by atoms with E-state index in [2.05, 4.69) is 38.2 Å². The molecule has 2 aromatic rings. The molecule has 1 fully saturated rings. The molecule has 21 heavy (non-hydrogen) atoms. The molecule has 1 saturated carbocycles. The molecule has 1 aliphatic carbocycles. The van der Waals surface area contributed by atoms with Crippen molar-refractivity contribution in [2.24, 2.45) is 0 Å². The van der Waals surface area contributed by atoms with Crippen molar-refractivity contribution in [3.8, 4) is 5.75 Å². The van der Waals surface area contributed by atoms with Crippen LogP contribution in [-0.4, -0.2) is 6.04 Å². The molecule has 3 nitrogen and oxygen atoms in total. The molecule has 0 unspecified atom stereocenters. The van der Waals surface area contributed by atoms with E-state index in [9.17, 15) is 0 Å². The summed E-state index contributed by atoms with van der Waals surface area (Å²) in [7, 11) is 0. The van der Waals surface area contributed by atoms with Gasteiger partial charge in [0.25, 0.3) is 0 Å². The van der Waals surface area contributed by atoms with E-state index in [0.717, 1.165) is 23.6 Å². The predicted octanol–water partition coefficient (Wildman–Crippen LogP) is 4.04. The van der Waals surface area contributed by atoms with Gasteiger partial charge in [-0.2, -0.15) is 0 Å². The van der Waals surface area contributed by atoms with Crippen LogP contribution in [0.5, 0.6) is 5.75 Å². The van der Waals surface area contributed by atoms with E-state index in [0.29, 0.717) is 12.6 Å². The van der Waals surface area contributed by atoms with Crippen LogP contribution in [0.15, 0.2) is 28.9 Å². The first-order valence-corrected chi connectivity index (χ1v) is 7.63. The van der Waals surface area contributed by atoms with Crippen molar-refractivity contribution in [3.63, 3.8) is 0 Å². The normalized spacial score (nSPS) is 14.4. The highest BCUT2D eigenvalue weighted by Gasteiger charge is 2.21. The van der Waals surface area contributed by atoms with Crippen molar-refractivity contribution >= 4 is 0 Å². The van der Waals surface area contributed by atoms with Gasteiger partial charge in [0.15, 0.2) is 0 Å². The van der Waals surface area contributed by atoms with Crippen LogP contribution in [0.3, 0.4) is 0 Å². The van der Waals surface area contributed by atoms with Gasteiger partial charge in [-0.05, 0) is 56.4 Å². The average molecular weight is 285 g/mol. The zero-order valence-electron chi connectivity index (χ0n) is 13.0. The second kappa shape index (κ2) is 5.94. The number of rotatable bonds is 6. The predicted molar refractivity (Wildman–Crippen MR) is 83.6 cm³/mol. The van der Waals surface area contributed by atoms with Gasteiger partial charge in [0.05, 0.1) is 12.8 Å². The second-order valence-corrected chi connectivity index (χ2v) is 5.97. The second-order valence-electron chi connectivity index (χ2n) is 5.97. The Morgan fingerprint density at radius 3 is 2.67 bits per heavy atom. The molecule has 1 aromatic carbocycles. The monoisotopic (exact) mass is 285 g/mol. The number of hydrogen-bond donors (Lipinski definition) is 1. The molecule has 1 aromatic heterocycles. The number of hydrogen-bond acceptors (Lipinski definition) is 3. The number of aryl methyl sites for hydroxylation is 2. The standard InChI is InChI=1S/C18H23NO2/c1-12-4-5-13(2)18(14(12)3)21-11-15-8-9-20-17(15)10-19-16-6-7-16/h4-5,8-9,16,19H,6-7,10-11H2,1-3H3. The first-order chi connectivity index (χ1) is 10.1. The molecule has 112 valence electrons. The molecule has 3 rings (SSSR count). The van der Waals surface area contributed by atoms with Crippen molar-refractivity contribution in [1.82, 2.24) is 5.32 Å². The molecular formula is C18H23NO2. The minimum absolute atomic E-state index is 0.559. The summed E-state index contributed by atoms with van der Waals surface area (Å²) >= 11 is 0. The third-order valence-electron chi connectivity index (χ3n) is 4.21. The topological polar surface area (TPSA) is 34.4 Å². The van der Waals surface area contributed by atoms with Crippen LogP contribution in [0.2, 0.25) is 0 Å². The highest BCUT2D eigenvalue weighted by molar-refractivity contribution is 5.44. The highest BCUT2D eigenvalue weighted by Crippen LogP contribution is 2.27. The molecule has 0 saturated heterocycles. The lowest BCUT2D eigenvalue weighted by Crippen LogP contribution is -2.16. The van der Waals surface area contributed by atoms with E-state index < -0.39 is 0 Å². The van der Waals surface area contributed by atoms with E-state index in [1.54, 1.807) is 6.26 Å².